The average molecular weight is 509 g/mol. The number of carbonyl (C=O) groups excluding carboxylic acids is 1. The molecular weight excluding hydrogens is 485 g/mol. The zero-order chi connectivity index (χ0) is 26.3. The Morgan fingerprint density at radius 2 is 1.86 bits per heavy atom. The molecule has 8 nitrogen and oxygen atoms in total. The van der Waals surface area contributed by atoms with Gasteiger partial charge in [-0.2, -0.15) is 5.26 Å². The highest BCUT2D eigenvalue weighted by Gasteiger charge is 2.37. The quantitative estimate of drug-likeness (QED) is 0.524. The van der Waals surface area contributed by atoms with E-state index in [1.807, 2.05) is 6.07 Å². The third-order valence-electron chi connectivity index (χ3n) is 6.50. The minimum atomic E-state index is -0.968. The second-order valence-corrected chi connectivity index (χ2v) is 8.77. The first-order valence-corrected chi connectivity index (χ1v) is 11.8. The van der Waals surface area contributed by atoms with Crippen molar-refractivity contribution in [3.8, 4) is 17.2 Å². The Hall–Kier alpha value is -4.14. The summed E-state index contributed by atoms with van der Waals surface area (Å²) in [5, 5.41) is 21.5. The number of halogens is 3. The molecule has 2 amide bonds. The van der Waals surface area contributed by atoms with Crippen LogP contribution in [0.1, 0.15) is 12.5 Å². The molecular formula is C26H23F3N6O2. The highest BCUT2D eigenvalue weighted by atomic mass is 19.1. The van der Waals surface area contributed by atoms with Crippen molar-refractivity contribution in [1.82, 2.24) is 10.3 Å². The van der Waals surface area contributed by atoms with Crippen molar-refractivity contribution >= 4 is 28.9 Å². The molecule has 2 aromatic carbocycles. The number of pyridine rings is 1. The predicted molar refractivity (Wildman–Crippen MR) is 132 cm³/mol. The van der Waals surface area contributed by atoms with Crippen LogP contribution in [0.3, 0.4) is 0 Å². The van der Waals surface area contributed by atoms with Gasteiger partial charge in [-0.1, -0.05) is 6.07 Å². The Morgan fingerprint density at radius 3 is 2.51 bits per heavy atom. The van der Waals surface area contributed by atoms with Crippen molar-refractivity contribution in [3.63, 3.8) is 0 Å². The standard InChI is InChI=1S/C26H23F3N6O2/c1-2-34-25-20(8-16(27)12-32-25)19-4-3-15(11-30)7-23(19)35(26(34)37)24-21(28)9-18(10-22(24)29)33-13-17(14-33)31-5-6-36/h3-4,7-10,12,17,31,36H,2,5-6,13-14H2,1H3. The number of nitrogens with one attached hydrogen (secondary N) is 1. The highest BCUT2D eigenvalue weighted by molar-refractivity contribution is 6.14. The lowest BCUT2D eigenvalue weighted by Gasteiger charge is -2.41. The fourth-order valence-corrected chi connectivity index (χ4v) is 4.71. The van der Waals surface area contributed by atoms with E-state index in [9.17, 15) is 14.4 Å². The Bertz CT molecular complexity index is 1400. The number of aliphatic hydroxyl groups excluding tert-OH is 1. The van der Waals surface area contributed by atoms with E-state index in [4.69, 9.17) is 5.11 Å². The molecule has 0 bridgehead atoms. The summed E-state index contributed by atoms with van der Waals surface area (Å²) >= 11 is 0. The number of carbonyl (C=O) groups is 1. The van der Waals surface area contributed by atoms with Crippen LogP contribution in [0, 0.1) is 28.8 Å². The van der Waals surface area contributed by atoms with Gasteiger partial charge in [0.1, 0.15) is 17.3 Å². The summed E-state index contributed by atoms with van der Waals surface area (Å²) in [4.78, 5) is 21.8. The molecule has 1 aromatic heterocycles. The summed E-state index contributed by atoms with van der Waals surface area (Å²) in [7, 11) is 0. The number of fused-ring (bicyclic) bond motifs is 3. The monoisotopic (exact) mass is 508 g/mol. The van der Waals surface area contributed by atoms with Crippen molar-refractivity contribution < 1.29 is 23.1 Å². The van der Waals surface area contributed by atoms with Crippen LogP contribution >= 0.6 is 0 Å². The van der Waals surface area contributed by atoms with Crippen molar-refractivity contribution in [2.45, 2.75) is 13.0 Å². The van der Waals surface area contributed by atoms with E-state index in [2.05, 4.69) is 10.3 Å². The highest BCUT2D eigenvalue weighted by Crippen LogP contribution is 2.45. The van der Waals surface area contributed by atoms with E-state index in [1.54, 1.807) is 11.8 Å². The van der Waals surface area contributed by atoms with Crippen LogP contribution in [-0.4, -0.2) is 54.9 Å². The molecule has 37 heavy (non-hydrogen) atoms. The van der Waals surface area contributed by atoms with Crippen LogP contribution in [0.2, 0.25) is 0 Å². The van der Waals surface area contributed by atoms with Crippen molar-refractivity contribution in [1.29, 1.82) is 5.26 Å². The molecule has 0 unspecified atom stereocenters. The molecule has 0 aliphatic carbocycles. The minimum absolute atomic E-state index is 0.00584. The third-order valence-corrected chi connectivity index (χ3v) is 6.50. The molecule has 0 spiro atoms. The van der Waals surface area contributed by atoms with Crippen LogP contribution in [0.5, 0.6) is 0 Å². The molecule has 0 atom stereocenters. The van der Waals surface area contributed by atoms with Crippen LogP contribution < -0.4 is 20.0 Å². The van der Waals surface area contributed by atoms with Gasteiger partial charge in [-0.3, -0.25) is 9.80 Å². The molecule has 3 aromatic rings. The van der Waals surface area contributed by atoms with Crippen molar-refractivity contribution in [2.75, 3.05) is 47.5 Å². The average Bonchev–Trinajstić information content (AvgIpc) is 2.95. The van der Waals surface area contributed by atoms with Crippen LogP contribution in [0.4, 0.5) is 40.8 Å². The number of rotatable bonds is 6. The molecule has 5 rings (SSSR count). The molecule has 2 N–H and O–H groups in total. The number of benzene rings is 2. The fourth-order valence-electron chi connectivity index (χ4n) is 4.71. The van der Waals surface area contributed by atoms with E-state index in [0.717, 1.165) is 23.2 Å². The third kappa shape index (κ3) is 4.24. The van der Waals surface area contributed by atoms with Gasteiger partial charge in [0.2, 0.25) is 0 Å². The van der Waals surface area contributed by atoms with Gasteiger partial charge in [-0.25, -0.2) is 22.9 Å². The van der Waals surface area contributed by atoms with Crippen LogP contribution in [0.25, 0.3) is 11.1 Å². The van der Waals surface area contributed by atoms with Gasteiger partial charge >= 0.3 is 6.03 Å². The maximum atomic E-state index is 15.7. The molecule has 0 radical (unpaired) electrons. The second kappa shape index (κ2) is 9.72. The van der Waals surface area contributed by atoms with E-state index in [-0.39, 0.29) is 41.8 Å². The number of amides is 2. The Balaban J connectivity index is 1.63. The predicted octanol–water partition coefficient (Wildman–Crippen LogP) is 3.91. The van der Waals surface area contributed by atoms with Crippen LogP contribution in [0.15, 0.2) is 42.6 Å². The Kier molecular flexibility index (Phi) is 6.45. The van der Waals surface area contributed by atoms with Crippen molar-refractivity contribution in [2.24, 2.45) is 0 Å². The molecule has 0 saturated carbocycles. The summed E-state index contributed by atoms with van der Waals surface area (Å²) in [5.74, 6) is -2.44. The number of hydrogen-bond acceptors (Lipinski definition) is 6. The number of aliphatic hydroxyl groups is 1. The Morgan fingerprint density at radius 1 is 1.14 bits per heavy atom. The number of hydrogen-bond donors (Lipinski definition) is 2. The van der Waals surface area contributed by atoms with Gasteiger partial charge in [-0.15, -0.1) is 0 Å². The minimum Gasteiger partial charge on any atom is -0.395 e. The fraction of sp³-hybridized carbons (Fsp3) is 0.269. The van der Waals surface area contributed by atoms with E-state index >= 15 is 8.78 Å². The van der Waals surface area contributed by atoms with Crippen molar-refractivity contribution in [3.05, 3.63) is 65.6 Å². The molecule has 1 saturated heterocycles. The zero-order valence-corrected chi connectivity index (χ0v) is 19.9. The number of urea groups is 1. The first-order chi connectivity index (χ1) is 17.9. The molecule has 1 fully saturated rings. The summed E-state index contributed by atoms with van der Waals surface area (Å²) in [6.07, 6.45) is 0.972. The lowest BCUT2D eigenvalue weighted by atomic mass is 10.0. The zero-order valence-electron chi connectivity index (χ0n) is 19.9. The molecule has 11 heteroatoms. The second-order valence-electron chi connectivity index (χ2n) is 8.77. The van der Waals surface area contributed by atoms with E-state index in [0.29, 0.717) is 30.9 Å². The van der Waals surface area contributed by atoms with Gasteiger partial charge in [0.15, 0.2) is 11.6 Å². The molecule has 2 aliphatic heterocycles. The van der Waals surface area contributed by atoms with Crippen LogP contribution in [-0.2, 0) is 0 Å². The molecule has 3 heterocycles. The lowest BCUT2D eigenvalue weighted by molar-refractivity contribution is 0.253. The maximum Gasteiger partial charge on any atom is 0.334 e. The van der Waals surface area contributed by atoms with Gasteiger partial charge in [0.25, 0.3) is 0 Å². The van der Waals surface area contributed by atoms with E-state index < -0.39 is 29.2 Å². The summed E-state index contributed by atoms with van der Waals surface area (Å²) < 4.78 is 45.5. The number of aromatic nitrogens is 1. The maximum absolute atomic E-state index is 15.7. The molecule has 2 aliphatic rings. The Labute approximate surface area is 211 Å². The smallest absolute Gasteiger partial charge is 0.334 e. The number of anilines is 4. The summed E-state index contributed by atoms with van der Waals surface area (Å²) in [6, 6.07) is 9.14. The van der Waals surface area contributed by atoms with E-state index in [1.165, 1.54) is 29.2 Å². The summed E-state index contributed by atoms with van der Waals surface area (Å²) in [6.45, 7) is 3.20. The SMILES string of the molecule is CCN1C(=O)N(c2c(F)cc(N3CC(NCCO)C3)cc2F)c2cc(C#N)ccc2-c2cc(F)cnc21. The number of nitrogens with zero attached hydrogens (tertiary/aromatic N) is 5. The van der Waals surface area contributed by atoms with Gasteiger partial charge < -0.3 is 15.3 Å². The largest absolute Gasteiger partial charge is 0.395 e. The topological polar surface area (TPSA) is 95.7 Å². The van der Waals surface area contributed by atoms with Gasteiger partial charge in [-0.05, 0) is 37.3 Å². The van der Waals surface area contributed by atoms with Gasteiger partial charge in [0, 0.05) is 49.0 Å². The first kappa shape index (κ1) is 24.5. The first-order valence-electron chi connectivity index (χ1n) is 11.8. The van der Waals surface area contributed by atoms with Gasteiger partial charge in [0.05, 0.1) is 30.1 Å². The lowest BCUT2D eigenvalue weighted by Crippen LogP contribution is -2.58. The normalized spacial score (nSPS) is 15.1. The number of nitriles is 1. The summed E-state index contributed by atoms with van der Waals surface area (Å²) in [5.41, 5.74) is 0.467. The molecule has 190 valence electrons.